The molecule has 0 spiro atoms. The summed E-state index contributed by atoms with van der Waals surface area (Å²) in [5.41, 5.74) is 5.47. The second kappa shape index (κ2) is 5.85. The van der Waals surface area contributed by atoms with E-state index in [4.69, 9.17) is 10.5 Å². The number of carbonyl (C=O) groups excluding carboxylic acids is 1. The van der Waals surface area contributed by atoms with Crippen LogP contribution >= 0.6 is 11.8 Å². The third-order valence-corrected chi connectivity index (χ3v) is 6.03. The van der Waals surface area contributed by atoms with Crippen LogP contribution in [0.1, 0.15) is 33.6 Å². The number of thioether (sulfide) groups is 1. The monoisotopic (exact) mass is 300 g/mol. The van der Waals surface area contributed by atoms with Crippen molar-refractivity contribution in [2.24, 2.45) is 23.0 Å². The molecule has 20 heavy (non-hydrogen) atoms. The van der Waals surface area contributed by atoms with Crippen LogP contribution in [0.25, 0.3) is 0 Å². The fraction of sp³-hybridized carbons (Fsp3) is 0.933. The maximum atomic E-state index is 12.6. The summed E-state index contributed by atoms with van der Waals surface area (Å²) >= 11 is 1.80. The summed E-state index contributed by atoms with van der Waals surface area (Å²) in [6.45, 7) is 7.77. The van der Waals surface area contributed by atoms with Gasteiger partial charge in [-0.15, -0.1) is 0 Å². The molecule has 1 aliphatic heterocycles. The van der Waals surface area contributed by atoms with Gasteiger partial charge in [0.2, 0.25) is 5.91 Å². The molecule has 2 rings (SSSR count). The van der Waals surface area contributed by atoms with Crippen LogP contribution in [-0.4, -0.2) is 42.7 Å². The van der Waals surface area contributed by atoms with Gasteiger partial charge in [-0.3, -0.25) is 4.79 Å². The van der Waals surface area contributed by atoms with Gasteiger partial charge in [-0.1, -0.05) is 20.8 Å². The van der Waals surface area contributed by atoms with Crippen molar-refractivity contribution in [1.29, 1.82) is 0 Å². The molecule has 0 aromatic carbocycles. The van der Waals surface area contributed by atoms with E-state index >= 15 is 0 Å². The highest BCUT2D eigenvalue weighted by Gasteiger charge is 2.70. The normalized spacial score (nSPS) is 36.6. The van der Waals surface area contributed by atoms with Gasteiger partial charge in [0.25, 0.3) is 0 Å². The van der Waals surface area contributed by atoms with Gasteiger partial charge in [0, 0.05) is 24.5 Å². The van der Waals surface area contributed by atoms with E-state index in [0.29, 0.717) is 12.5 Å². The van der Waals surface area contributed by atoms with E-state index in [1.165, 1.54) is 0 Å². The first-order valence-corrected chi connectivity index (χ1v) is 8.92. The summed E-state index contributed by atoms with van der Waals surface area (Å²) in [4.78, 5) is 12.6. The lowest BCUT2D eigenvalue weighted by Crippen LogP contribution is -2.82. The van der Waals surface area contributed by atoms with Crippen LogP contribution in [-0.2, 0) is 9.53 Å². The lowest BCUT2D eigenvalue weighted by atomic mass is 9.46. The summed E-state index contributed by atoms with van der Waals surface area (Å²) in [6, 6.07) is 0. The van der Waals surface area contributed by atoms with E-state index in [0.717, 1.165) is 25.2 Å². The Labute approximate surface area is 126 Å². The minimum absolute atomic E-state index is 0.00204. The van der Waals surface area contributed by atoms with Gasteiger partial charge < -0.3 is 15.8 Å². The SMILES string of the molecule is CSCC(C)CNC(=O)C1(N)C2CCCOC2C1(C)C. The topological polar surface area (TPSA) is 64.4 Å². The van der Waals surface area contributed by atoms with Crippen molar-refractivity contribution in [2.75, 3.05) is 25.2 Å². The van der Waals surface area contributed by atoms with E-state index in [9.17, 15) is 4.79 Å². The zero-order valence-corrected chi connectivity index (χ0v) is 13.9. The third kappa shape index (κ3) is 2.38. The zero-order chi connectivity index (χ0) is 15.0. The quantitative estimate of drug-likeness (QED) is 0.810. The fourth-order valence-electron chi connectivity index (χ4n) is 3.79. The molecule has 1 amide bonds. The number of fused-ring (bicyclic) bond motifs is 1. The van der Waals surface area contributed by atoms with Gasteiger partial charge in [0.15, 0.2) is 0 Å². The number of hydrogen-bond donors (Lipinski definition) is 2. The van der Waals surface area contributed by atoms with E-state index in [1.54, 1.807) is 11.8 Å². The summed E-state index contributed by atoms with van der Waals surface area (Å²) in [6.07, 6.45) is 4.22. The Balaban J connectivity index is 2.00. The van der Waals surface area contributed by atoms with Crippen molar-refractivity contribution < 1.29 is 9.53 Å². The number of nitrogens with two attached hydrogens (primary N) is 1. The Kier molecular flexibility index (Phi) is 4.72. The largest absolute Gasteiger partial charge is 0.377 e. The molecular formula is C15H28N2O2S. The van der Waals surface area contributed by atoms with Crippen molar-refractivity contribution in [2.45, 2.75) is 45.3 Å². The van der Waals surface area contributed by atoms with Crippen LogP contribution < -0.4 is 11.1 Å². The Morgan fingerprint density at radius 1 is 1.55 bits per heavy atom. The molecule has 0 radical (unpaired) electrons. The van der Waals surface area contributed by atoms with Gasteiger partial charge in [-0.05, 0) is 30.8 Å². The first-order chi connectivity index (χ1) is 9.35. The molecule has 4 atom stereocenters. The molecule has 2 aliphatic rings. The predicted molar refractivity (Wildman–Crippen MR) is 83.7 cm³/mol. The highest BCUT2D eigenvalue weighted by atomic mass is 32.2. The van der Waals surface area contributed by atoms with Crippen molar-refractivity contribution in [3.8, 4) is 0 Å². The average Bonchev–Trinajstić information content (AvgIpc) is 2.44. The third-order valence-electron chi connectivity index (χ3n) is 5.12. The molecule has 116 valence electrons. The molecule has 1 heterocycles. The van der Waals surface area contributed by atoms with Crippen LogP contribution in [0.4, 0.5) is 0 Å². The highest BCUT2D eigenvalue weighted by Crippen LogP contribution is 2.57. The van der Waals surface area contributed by atoms with Gasteiger partial charge in [0.1, 0.15) is 5.54 Å². The summed E-state index contributed by atoms with van der Waals surface area (Å²) in [7, 11) is 0. The van der Waals surface area contributed by atoms with Crippen molar-refractivity contribution in [3.05, 3.63) is 0 Å². The summed E-state index contributed by atoms with van der Waals surface area (Å²) in [5, 5.41) is 3.07. The van der Waals surface area contributed by atoms with Crippen molar-refractivity contribution in [1.82, 2.24) is 5.32 Å². The van der Waals surface area contributed by atoms with Crippen LogP contribution in [0.3, 0.4) is 0 Å². The first-order valence-electron chi connectivity index (χ1n) is 7.53. The maximum Gasteiger partial charge on any atom is 0.241 e. The number of carbonyl (C=O) groups is 1. The second-order valence-electron chi connectivity index (χ2n) is 6.90. The Morgan fingerprint density at radius 3 is 2.90 bits per heavy atom. The van der Waals surface area contributed by atoms with Gasteiger partial charge in [-0.25, -0.2) is 0 Å². The van der Waals surface area contributed by atoms with Crippen molar-refractivity contribution >= 4 is 17.7 Å². The number of rotatable bonds is 5. The zero-order valence-electron chi connectivity index (χ0n) is 13.1. The van der Waals surface area contributed by atoms with Gasteiger partial charge in [-0.2, -0.15) is 11.8 Å². The lowest BCUT2D eigenvalue weighted by Gasteiger charge is -2.65. The highest BCUT2D eigenvalue weighted by molar-refractivity contribution is 7.98. The van der Waals surface area contributed by atoms with E-state index in [-0.39, 0.29) is 23.3 Å². The van der Waals surface area contributed by atoms with Crippen LogP contribution in [0, 0.1) is 17.3 Å². The molecule has 0 aromatic rings. The lowest BCUT2D eigenvalue weighted by molar-refractivity contribution is -0.225. The molecule has 3 N–H and O–H groups in total. The van der Waals surface area contributed by atoms with Crippen molar-refractivity contribution in [3.63, 3.8) is 0 Å². The molecule has 0 bridgehead atoms. The Morgan fingerprint density at radius 2 is 2.25 bits per heavy atom. The molecule has 1 aliphatic carbocycles. The Hall–Kier alpha value is -0.260. The minimum atomic E-state index is -0.781. The van der Waals surface area contributed by atoms with Gasteiger partial charge in [0.05, 0.1) is 6.10 Å². The molecule has 0 aromatic heterocycles. The van der Waals surface area contributed by atoms with E-state index in [1.807, 2.05) is 0 Å². The molecule has 1 saturated heterocycles. The Bertz CT molecular complexity index is 375. The van der Waals surface area contributed by atoms with Crippen LogP contribution in [0.2, 0.25) is 0 Å². The molecule has 1 saturated carbocycles. The predicted octanol–water partition coefficient (Wildman–Crippen LogP) is 1.63. The standard InChI is InChI=1S/C15H28N2O2S/c1-10(9-20-4)8-17-13(18)15(16)11-6-5-7-19-12(11)14(15,2)3/h10-12H,5-9,16H2,1-4H3,(H,17,18). The second-order valence-corrected chi connectivity index (χ2v) is 7.81. The maximum absolute atomic E-state index is 12.6. The average molecular weight is 300 g/mol. The molecular weight excluding hydrogens is 272 g/mol. The number of hydrogen-bond acceptors (Lipinski definition) is 4. The number of amides is 1. The number of nitrogens with one attached hydrogen (secondary N) is 1. The van der Waals surface area contributed by atoms with Crippen LogP contribution in [0.5, 0.6) is 0 Å². The minimum Gasteiger partial charge on any atom is -0.377 e. The van der Waals surface area contributed by atoms with E-state index in [2.05, 4.69) is 32.3 Å². The first kappa shape index (κ1) is 16.1. The fourth-order valence-corrected chi connectivity index (χ4v) is 4.48. The number of ether oxygens (including phenoxy) is 1. The van der Waals surface area contributed by atoms with E-state index < -0.39 is 5.54 Å². The van der Waals surface area contributed by atoms with Gasteiger partial charge >= 0.3 is 0 Å². The molecule has 5 heteroatoms. The van der Waals surface area contributed by atoms with Crippen LogP contribution in [0.15, 0.2) is 0 Å². The molecule has 4 unspecified atom stereocenters. The summed E-state index contributed by atoms with van der Waals surface area (Å²) in [5.74, 6) is 1.69. The smallest absolute Gasteiger partial charge is 0.241 e. The summed E-state index contributed by atoms with van der Waals surface area (Å²) < 4.78 is 5.84. The molecule has 2 fully saturated rings. The molecule has 4 nitrogen and oxygen atoms in total.